The Balaban J connectivity index is 1.65. The van der Waals surface area contributed by atoms with E-state index in [1.165, 1.54) is 12.0 Å². The Morgan fingerprint density at radius 2 is 1.95 bits per heavy atom. The number of hydrogen-bond acceptors (Lipinski definition) is 4. The number of anilines is 1. The minimum Gasteiger partial charge on any atom is -0.261 e. The van der Waals surface area contributed by atoms with E-state index in [4.69, 9.17) is 0 Å². The van der Waals surface area contributed by atoms with Gasteiger partial charge in [0.2, 0.25) is 0 Å². The molecule has 21 heavy (non-hydrogen) atoms. The summed E-state index contributed by atoms with van der Waals surface area (Å²) in [4.78, 5) is 8.59. The summed E-state index contributed by atoms with van der Waals surface area (Å²) in [7, 11) is 0. The quantitative estimate of drug-likeness (QED) is 0.686. The van der Waals surface area contributed by atoms with Crippen LogP contribution in [0.3, 0.4) is 0 Å². The molecule has 1 saturated carbocycles. The molecule has 0 amide bonds. The van der Waals surface area contributed by atoms with Gasteiger partial charge >= 0.3 is 0 Å². The van der Waals surface area contributed by atoms with Gasteiger partial charge in [0, 0.05) is 23.4 Å². The van der Waals surface area contributed by atoms with Gasteiger partial charge in [0.25, 0.3) is 0 Å². The van der Waals surface area contributed by atoms with Crippen LogP contribution in [0, 0.1) is 19.8 Å². The lowest BCUT2D eigenvalue weighted by Crippen LogP contribution is -2.04. The number of aryl methyl sites for hydroxylation is 2. The zero-order chi connectivity index (χ0) is 14.8. The van der Waals surface area contributed by atoms with Gasteiger partial charge in [-0.05, 0) is 38.7 Å². The highest BCUT2D eigenvalue weighted by molar-refractivity contribution is 5.88. The Bertz CT molecular complexity index is 643. The van der Waals surface area contributed by atoms with E-state index in [1.807, 2.05) is 19.9 Å². The molecule has 3 rings (SSSR count). The van der Waals surface area contributed by atoms with Crippen LogP contribution in [-0.2, 0) is 0 Å². The van der Waals surface area contributed by atoms with E-state index >= 15 is 0 Å². The molecule has 0 aliphatic heterocycles. The highest BCUT2D eigenvalue weighted by atomic mass is 15.3. The van der Waals surface area contributed by atoms with Crippen LogP contribution in [0.15, 0.2) is 41.5 Å². The molecule has 1 heterocycles. The third-order valence-electron chi connectivity index (χ3n) is 3.87. The average Bonchev–Trinajstić information content (AvgIpc) is 3.25. The molecule has 0 spiro atoms. The van der Waals surface area contributed by atoms with E-state index in [9.17, 15) is 0 Å². The van der Waals surface area contributed by atoms with Crippen molar-refractivity contribution in [2.45, 2.75) is 33.1 Å². The van der Waals surface area contributed by atoms with Gasteiger partial charge in [-0.2, -0.15) is 5.10 Å². The molecule has 4 nitrogen and oxygen atoms in total. The third kappa shape index (κ3) is 3.27. The molecule has 1 aliphatic rings. The van der Waals surface area contributed by atoms with Crippen LogP contribution in [0.4, 0.5) is 5.82 Å². The number of hydrazone groups is 1. The number of hydrogen-bond donors (Lipinski definition) is 1. The highest BCUT2D eigenvalue weighted by Gasteiger charge is 2.40. The summed E-state index contributed by atoms with van der Waals surface area (Å²) >= 11 is 0. The van der Waals surface area contributed by atoms with Gasteiger partial charge in [0.05, 0.1) is 0 Å². The summed E-state index contributed by atoms with van der Waals surface area (Å²) in [5.41, 5.74) is 6.55. The second kappa shape index (κ2) is 5.64. The van der Waals surface area contributed by atoms with Crippen LogP contribution >= 0.6 is 0 Å². The number of nitrogens with zero attached hydrogens (tertiary/aromatic N) is 3. The number of aromatic nitrogens is 2. The smallest absolute Gasteiger partial charge is 0.150 e. The molecule has 0 bridgehead atoms. The maximum Gasteiger partial charge on any atom is 0.150 e. The van der Waals surface area contributed by atoms with Crippen LogP contribution < -0.4 is 5.43 Å². The first-order valence-corrected chi connectivity index (χ1v) is 7.31. The van der Waals surface area contributed by atoms with Gasteiger partial charge in [0.1, 0.15) is 11.6 Å². The van der Waals surface area contributed by atoms with Crippen molar-refractivity contribution in [2.24, 2.45) is 11.0 Å². The zero-order valence-corrected chi connectivity index (χ0v) is 12.7. The van der Waals surface area contributed by atoms with Gasteiger partial charge in [0.15, 0.2) is 0 Å². The second-order valence-electron chi connectivity index (χ2n) is 5.67. The Kier molecular flexibility index (Phi) is 3.69. The summed E-state index contributed by atoms with van der Waals surface area (Å²) in [6.07, 6.45) is 1.18. The third-order valence-corrected chi connectivity index (χ3v) is 3.87. The average molecular weight is 280 g/mol. The molecule has 1 aromatic carbocycles. The molecule has 1 fully saturated rings. The number of nitrogens with one attached hydrogen (secondary N) is 1. The van der Waals surface area contributed by atoms with Crippen molar-refractivity contribution >= 4 is 11.5 Å². The van der Waals surface area contributed by atoms with Gasteiger partial charge in [-0.1, -0.05) is 30.3 Å². The van der Waals surface area contributed by atoms with Crippen molar-refractivity contribution in [3.63, 3.8) is 0 Å². The number of benzene rings is 1. The summed E-state index contributed by atoms with van der Waals surface area (Å²) < 4.78 is 0. The van der Waals surface area contributed by atoms with Crippen LogP contribution in [0.5, 0.6) is 0 Å². The molecule has 1 aromatic heterocycles. The first kappa shape index (κ1) is 13.7. The van der Waals surface area contributed by atoms with Gasteiger partial charge in [-0.3, -0.25) is 5.43 Å². The topological polar surface area (TPSA) is 50.2 Å². The normalized spacial score (nSPS) is 21.2. The molecule has 2 unspecified atom stereocenters. The summed E-state index contributed by atoms with van der Waals surface area (Å²) in [5.74, 6) is 2.68. The van der Waals surface area contributed by atoms with E-state index in [1.54, 1.807) is 0 Å². The minimum absolute atomic E-state index is 0.545. The molecule has 1 N–H and O–H groups in total. The standard InChI is InChI=1S/C17H20N4/c1-11-9-17(19-13(3)18-11)21-20-12(2)15-10-16(15)14-7-5-4-6-8-14/h4-9,15-16H,10H2,1-3H3,(H,18,19,21). The second-order valence-corrected chi connectivity index (χ2v) is 5.67. The summed E-state index contributed by atoms with van der Waals surface area (Å²) in [6, 6.07) is 12.6. The van der Waals surface area contributed by atoms with Crippen molar-refractivity contribution in [3.05, 3.63) is 53.5 Å². The SMILES string of the molecule is CC(=NNc1cc(C)nc(C)n1)C1CC1c1ccccc1. The predicted octanol–water partition coefficient (Wildman–Crippen LogP) is 3.68. The van der Waals surface area contributed by atoms with E-state index in [2.05, 4.69) is 57.8 Å². The number of rotatable bonds is 4. The lowest BCUT2D eigenvalue weighted by molar-refractivity contribution is 0.997. The lowest BCUT2D eigenvalue weighted by atomic mass is 10.1. The molecule has 108 valence electrons. The summed E-state index contributed by atoms with van der Waals surface area (Å²) in [5, 5.41) is 4.49. The molecule has 0 radical (unpaired) electrons. The van der Waals surface area contributed by atoms with Crippen LogP contribution in [-0.4, -0.2) is 15.7 Å². The molecule has 4 heteroatoms. The van der Waals surface area contributed by atoms with E-state index in [-0.39, 0.29) is 0 Å². The fraction of sp³-hybridized carbons (Fsp3) is 0.353. The van der Waals surface area contributed by atoms with Crippen molar-refractivity contribution in [1.82, 2.24) is 9.97 Å². The molecule has 1 aliphatic carbocycles. The highest BCUT2D eigenvalue weighted by Crippen LogP contribution is 2.48. The van der Waals surface area contributed by atoms with Gasteiger partial charge in [-0.25, -0.2) is 9.97 Å². The maximum atomic E-state index is 4.49. The monoisotopic (exact) mass is 280 g/mol. The van der Waals surface area contributed by atoms with Crippen molar-refractivity contribution in [2.75, 3.05) is 5.43 Å². The Hall–Kier alpha value is -2.23. The van der Waals surface area contributed by atoms with Crippen molar-refractivity contribution < 1.29 is 0 Å². The Morgan fingerprint density at radius 3 is 2.67 bits per heavy atom. The molecular formula is C17H20N4. The Morgan fingerprint density at radius 1 is 1.19 bits per heavy atom. The molecule has 0 saturated heterocycles. The van der Waals surface area contributed by atoms with Crippen LogP contribution in [0.1, 0.15) is 36.3 Å². The largest absolute Gasteiger partial charge is 0.261 e. The molecule has 2 atom stereocenters. The van der Waals surface area contributed by atoms with Crippen LogP contribution in [0.25, 0.3) is 0 Å². The first-order chi connectivity index (χ1) is 10.1. The zero-order valence-electron chi connectivity index (χ0n) is 12.7. The van der Waals surface area contributed by atoms with Crippen LogP contribution in [0.2, 0.25) is 0 Å². The predicted molar refractivity (Wildman–Crippen MR) is 85.5 cm³/mol. The maximum absolute atomic E-state index is 4.49. The molecule has 2 aromatic rings. The van der Waals surface area contributed by atoms with Gasteiger partial charge < -0.3 is 0 Å². The first-order valence-electron chi connectivity index (χ1n) is 7.31. The van der Waals surface area contributed by atoms with Crippen molar-refractivity contribution in [1.29, 1.82) is 0 Å². The van der Waals surface area contributed by atoms with E-state index in [0.29, 0.717) is 11.8 Å². The van der Waals surface area contributed by atoms with Crippen molar-refractivity contribution in [3.8, 4) is 0 Å². The van der Waals surface area contributed by atoms with Gasteiger partial charge in [-0.15, -0.1) is 0 Å². The lowest BCUT2D eigenvalue weighted by Gasteiger charge is -2.04. The fourth-order valence-electron chi connectivity index (χ4n) is 2.73. The minimum atomic E-state index is 0.545. The van der Waals surface area contributed by atoms with E-state index < -0.39 is 0 Å². The summed E-state index contributed by atoms with van der Waals surface area (Å²) in [6.45, 7) is 5.94. The Labute approximate surface area is 125 Å². The molecular weight excluding hydrogens is 260 g/mol. The fourth-order valence-corrected chi connectivity index (χ4v) is 2.73. The van der Waals surface area contributed by atoms with E-state index in [0.717, 1.165) is 23.0 Å².